The Kier molecular flexibility index (Phi) is 4.34. The predicted octanol–water partition coefficient (Wildman–Crippen LogP) is 1.53. The van der Waals surface area contributed by atoms with E-state index in [1.165, 1.54) is 18.2 Å². The molecule has 2 aromatic rings. The van der Waals surface area contributed by atoms with E-state index in [0.29, 0.717) is 25.5 Å². The van der Waals surface area contributed by atoms with E-state index in [-0.39, 0.29) is 18.6 Å². The van der Waals surface area contributed by atoms with Crippen LogP contribution in [0.15, 0.2) is 36.5 Å². The van der Waals surface area contributed by atoms with Gasteiger partial charge in [0, 0.05) is 18.8 Å². The van der Waals surface area contributed by atoms with Crippen LogP contribution in [0.1, 0.15) is 11.7 Å². The molecule has 7 heteroatoms. The van der Waals surface area contributed by atoms with Crippen molar-refractivity contribution in [2.24, 2.45) is 0 Å². The number of hydrogen-bond donors (Lipinski definition) is 1. The van der Waals surface area contributed by atoms with Gasteiger partial charge in [-0.1, -0.05) is 6.07 Å². The highest BCUT2D eigenvalue weighted by atomic mass is 19.1. The fourth-order valence-corrected chi connectivity index (χ4v) is 2.40. The molecule has 1 amide bonds. The van der Waals surface area contributed by atoms with E-state index in [4.69, 9.17) is 9.47 Å². The molecular weight excluding hydrogens is 289 g/mol. The summed E-state index contributed by atoms with van der Waals surface area (Å²) >= 11 is 0. The monoisotopic (exact) mass is 305 g/mol. The molecule has 0 saturated carbocycles. The zero-order valence-electron chi connectivity index (χ0n) is 11.9. The van der Waals surface area contributed by atoms with Crippen LogP contribution in [0.4, 0.5) is 4.39 Å². The second-order valence-corrected chi connectivity index (χ2v) is 4.94. The zero-order chi connectivity index (χ0) is 15.4. The molecule has 1 atom stereocenters. The number of nitrogens with one attached hydrogen (secondary N) is 1. The summed E-state index contributed by atoms with van der Waals surface area (Å²) in [5.41, 5.74) is 0.818. The van der Waals surface area contributed by atoms with E-state index in [0.717, 1.165) is 5.69 Å². The van der Waals surface area contributed by atoms with Crippen LogP contribution in [0.3, 0.4) is 0 Å². The van der Waals surface area contributed by atoms with Gasteiger partial charge in [-0.3, -0.25) is 9.89 Å². The van der Waals surface area contributed by atoms with Gasteiger partial charge in [0.2, 0.25) is 0 Å². The third kappa shape index (κ3) is 3.25. The fraction of sp³-hybridized carbons (Fsp3) is 0.333. The molecule has 1 aliphatic rings. The topological polar surface area (TPSA) is 67.4 Å². The van der Waals surface area contributed by atoms with Crippen LogP contribution in [0, 0.1) is 5.82 Å². The Morgan fingerprint density at radius 1 is 1.50 bits per heavy atom. The van der Waals surface area contributed by atoms with Crippen LogP contribution in [-0.2, 0) is 9.53 Å². The van der Waals surface area contributed by atoms with Crippen molar-refractivity contribution in [1.82, 2.24) is 15.1 Å². The number of carbonyl (C=O) groups is 1. The molecule has 6 nitrogen and oxygen atoms in total. The first-order chi connectivity index (χ1) is 10.7. The second-order valence-electron chi connectivity index (χ2n) is 4.94. The van der Waals surface area contributed by atoms with Gasteiger partial charge in [-0.25, -0.2) is 4.39 Å². The lowest BCUT2D eigenvalue weighted by Gasteiger charge is -2.34. The molecule has 1 fully saturated rings. The Balaban J connectivity index is 1.65. The molecule has 0 radical (unpaired) electrons. The van der Waals surface area contributed by atoms with Gasteiger partial charge in [0.25, 0.3) is 5.91 Å². The van der Waals surface area contributed by atoms with Gasteiger partial charge in [0.1, 0.15) is 11.6 Å². The highest BCUT2D eigenvalue weighted by Crippen LogP contribution is 2.22. The summed E-state index contributed by atoms with van der Waals surface area (Å²) < 4.78 is 23.9. The maximum atomic E-state index is 13.1. The maximum absolute atomic E-state index is 13.1. The lowest BCUT2D eigenvalue weighted by molar-refractivity contribution is -0.142. The fourth-order valence-electron chi connectivity index (χ4n) is 2.40. The first-order valence-electron chi connectivity index (χ1n) is 6.99. The number of ether oxygens (including phenoxy) is 2. The molecule has 1 saturated heterocycles. The van der Waals surface area contributed by atoms with Gasteiger partial charge in [-0.05, 0) is 18.2 Å². The molecule has 0 spiro atoms. The normalized spacial score (nSPS) is 18.2. The average molecular weight is 305 g/mol. The first-order valence-corrected chi connectivity index (χ1v) is 6.99. The Morgan fingerprint density at radius 2 is 2.41 bits per heavy atom. The van der Waals surface area contributed by atoms with E-state index in [1.54, 1.807) is 17.2 Å². The quantitative estimate of drug-likeness (QED) is 0.930. The summed E-state index contributed by atoms with van der Waals surface area (Å²) in [4.78, 5) is 14.1. The number of H-pyrrole nitrogens is 1. The first kappa shape index (κ1) is 14.5. The van der Waals surface area contributed by atoms with Gasteiger partial charge in [-0.2, -0.15) is 5.10 Å². The minimum atomic E-state index is -0.397. The molecule has 1 aromatic heterocycles. The smallest absolute Gasteiger partial charge is 0.261 e. The Hall–Kier alpha value is -2.41. The van der Waals surface area contributed by atoms with Crippen molar-refractivity contribution in [2.75, 3.05) is 26.4 Å². The molecule has 0 bridgehead atoms. The SMILES string of the molecule is O=C(COc1cccc(F)c1)N1CCOCC1c1ccn[nH]1. The number of amides is 1. The van der Waals surface area contributed by atoms with Gasteiger partial charge in [-0.15, -0.1) is 0 Å². The van der Waals surface area contributed by atoms with Gasteiger partial charge in [0.05, 0.1) is 24.9 Å². The Labute approximate surface area is 126 Å². The van der Waals surface area contributed by atoms with Crippen LogP contribution < -0.4 is 4.74 Å². The van der Waals surface area contributed by atoms with Crippen molar-refractivity contribution in [1.29, 1.82) is 0 Å². The van der Waals surface area contributed by atoms with Crippen LogP contribution in [-0.4, -0.2) is 47.4 Å². The highest BCUT2D eigenvalue weighted by Gasteiger charge is 2.29. The van der Waals surface area contributed by atoms with E-state index >= 15 is 0 Å². The molecular formula is C15H16FN3O3. The number of benzene rings is 1. The molecule has 22 heavy (non-hydrogen) atoms. The van der Waals surface area contributed by atoms with Crippen LogP contribution in [0.25, 0.3) is 0 Å². The number of nitrogens with zero attached hydrogens (tertiary/aromatic N) is 2. The molecule has 3 rings (SSSR count). The third-order valence-corrected chi connectivity index (χ3v) is 3.49. The number of carbonyl (C=O) groups excluding carboxylic acids is 1. The minimum Gasteiger partial charge on any atom is -0.484 e. The average Bonchev–Trinajstić information content (AvgIpc) is 3.07. The number of hydrogen-bond acceptors (Lipinski definition) is 4. The lowest BCUT2D eigenvalue weighted by Crippen LogP contribution is -2.45. The van der Waals surface area contributed by atoms with Crippen molar-refractivity contribution in [3.63, 3.8) is 0 Å². The van der Waals surface area contributed by atoms with Crippen molar-refractivity contribution >= 4 is 5.91 Å². The van der Waals surface area contributed by atoms with E-state index in [2.05, 4.69) is 10.2 Å². The zero-order valence-corrected chi connectivity index (χ0v) is 11.9. The molecule has 116 valence electrons. The minimum absolute atomic E-state index is 0.145. The van der Waals surface area contributed by atoms with Crippen molar-refractivity contribution in [3.05, 3.63) is 48.0 Å². The van der Waals surface area contributed by atoms with Gasteiger partial charge in [0.15, 0.2) is 6.61 Å². The number of rotatable bonds is 4. The summed E-state index contributed by atoms with van der Waals surface area (Å²) in [6, 6.07) is 7.33. The van der Waals surface area contributed by atoms with Crippen molar-refractivity contribution < 1.29 is 18.7 Å². The highest BCUT2D eigenvalue weighted by molar-refractivity contribution is 5.78. The van der Waals surface area contributed by atoms with Gasteiger partial charge < -0.3 is 14.4 Å². The maximum Gasteiger partial charge on any atom is 0.261 e. The van der Waals surface area contributed by atoms with E-state index in [1.807, 2.05) is 6.07 Å². The molecule has 2 heterocycles. The summed E-state index contributed by atoms with van der Waals surface area (Å²) in [5, 5.41) is 6.76. The summed E-state index contributed by atoms with van der Waals surface area (Å²) in [7, 11) is 0. The number of aromatic nitrogens is 2. The van der Waals surface area contributed by atoms with Gasteiger partial charge >= 0.3 is 0 Å². The van der Waals surface area contributed by atoms with Crippen LogP contribution >= 0.6 is 0 Å². The van der Waals surface area contributed by atoms with Crippen LogP contribution in [0.2, 0.25) is 0 Å². The second kappa shape index (κ2) is 6.57. The van der Waals surface area contributed by atoms with Crippen molar-refractivity contribution in [2.45, 2.75) is 6.04 Å². The molecule has 1 aromatic carbocycles. The summed E-state index contributed by atoms with van der Waals surface area (Å²) in [6.07, 6.45) is 1.63. The van der Waals surface area contributed by atoms with Crippen LogP contribution in [0.5, 0.6) is 5.75 Å². The predicted molar refractivity (Wildman–Crippen MR) is 75.8 cm³/mol. The number of morpholine rings is 1. The largest absolute Gasteiger partial charge is 0.484 e. The lowest BCUT2D eigenvalue weighted by atomic mass is 10.1. The van der Waals surface area contributed by atoms with Crippen molar-refractivity contribution in [3.8, 4) is 5.75 Å². The summed E-state index contributed by atoms with van der Waals surface area (Å²) in [6.45, 7) is 1.23. The molecule has 1 N–H and O–H groups in total. The Bertz CT molecular complexity index is 633. The number of aromatic amines is 1. The third-order valence-electron chi connectivity index (χ3n) is 3.49. The molecule has 1 unspecified atom stereocenters. The summed E-state index contributed by atoms with van der Waals surface area (Å²) in [5.74, 6) is -0.237. The molecule has 1 aliphatic heterocycles. The van der Waals surface area contributed by atoms with E-state index in [9.17, 15) is 9.18 Å². The molecule has 0 aliphatic carbocycles. The number of halogens is 1. The standard InChI is InChI=1S/C15H16FN3O3/c16-11-2-1-3-12(8-11)22-10-15(20)19-6-7-21-9-14(19)13-4-5-17-18-13/h1-5,8,14H,6-7,9-10H2,(H,17,18). The van der Waals surface area contributed by atoms with E-state index < -0.39 is 5.82 Å². The Morgan fingerprint density at radius 3 is 3.18 bits per heavy atom.